The van der Waals surface area contributed by atoms with Gasteiger partial charge in [-0.15, -0.1) is 4.15 Å². The summed E-state index contributed by atoms with van der Waals surface area (Å²) in [7, 11) is -5.44. The Morgan fingerprint density at radius 2 is 1.44 bits per heavy atom. The molecule has 0 aromatic heterocycles. The van der Waals surface area contributed by atoms with Crippen LogP contribution in [-0.2, 0) is 15.4 Å². The molecule has 5 rings (SSSR count). The monoisotopic (exact) mass is 556 g/mol. The topological polar surface area (TPSA) is 59.0 Å². The molecule has 0 saturated carbocycles. The van der Waals surface area contributed by atoms with Crippen LogP contribution in [0.2, 0.25) is 0 Å². The maximum atomic E-state index is 14.0. The van der Waals surface area contributed by atoms with Crippen molar-refractivity contribution < 1.29 is 12.9 Å². The van der Waals surface area contributed by atoms with Crippen molar-refractivity contribution in [3.05, 3.63) is 131 Å². The molecule has 0 spiro atoms. The van der Waals surface area contributed by atoms with E-state index in [4.69, 9.17) is 8.67 Å². The number of sulfonamides is 1. The number of para-hydroxylation sites is 2. The van der Waals surface area contributed by atoms with E-state index in [0.29, 0.717) is 5.75 Å². The fraction of sp³-hybridized carbons (Fsp3) is 0.188. The van der Waals surface area contributed by atoms with E-state index in [-0.39, 0.29) is 4.90 Å². The number of fused-ring (bicyclic) bond motifs is 1. The molecule has 0 saturated heterocycles. The molecule has 0 bridgehead atoms. The first-order valence-corrected chi connectivity index (χ1v) is 16.0. The fourth-order valence-electron chi connectivity index (χ4n) is 5.00. The van der Waals surface area contributed by atoms with E-state index in [9.17, 15) is 8.42 Å². The van der Waals surface area contributed by atoms with E-state index in [1.807, 2.05) is 93.4 Å². The molecule has 1 unspecified atom stereocenters. The number of benzene rings is 4. The Labute approximate surface area is 232 Å². The molecule has 1 aliphatic rings. The van der Waals surface area contributed by atoms with Crippen LogP contribution < -0.4 is 14.7 Å². The zero-order valence-electron chi connectivity index (χ0n) is 22.9. The Kier molecular flexibility index (Phi) is 7.04. The van der Waals surface area contributed by atoms with Crippen LogP contribution in [0.5, 0.6) is 5.75 Å². The van der Waals surface area contributed by atoms with Crippen LogP contribution in [0.3, 0.4) is 0 Å². The molecule has 5 nitrogen and oxygen atoms in total. The minimum atomic E-state index is -4.09. The summed E-state index contributed by atoms with van der Waals surface area (Å²) in [5.41, 5.74) is 4.67. The number of hydrogen-bond acceptors (Lipinski definition) is 4. The average molecular weight is 557 g/mol. The summed E-state index contributed by atoms with van der Waals surface area (Å²) in [4.78, 5) is 2.27. The number of nitrogens with zero attached hydrogens (tertiary/aromatic N) is 2. The summed E-state index contributed by atoms with van der Waals surface area (Å²) in [5, 5.41) is 0.719. The zero-order valence-corrected chi connectivity index (χ0v) is 24.6. The smallest absolute Gasteiger partial charge is 0.284 e. The van der Waals surface area contributed by atoms with Crippen molar-refractivity contribution in [1.29, 1.82) is 0 Å². The molecule has 39 heavy (non-hydrogen) atoms. The van der Waals surface area contributed by atoms with Crippen molar-refractivity contribution in [2.45, 2.75) is 38.0 Å². The van der Waals surface area contributed by atoms with Crippen LogP contribution in [0.1, 0.15) is 30.5 Å². The number of hydrogen-bond donors (Lipinski definition) is 0. The summed E-state index contributed by atoms with van der Waals surface area (Å²) in [5.74, 6) is 2.59. The zero-order chi connectivity index (χ0) is 27.8. The fourth-order valence-corrected chi connectivity index (χ4v) is 10.1. The highest BCUT2D eigenvalue weighted by Crippen LogP contribution is 2.58. The Morgan fingerprint density at radius 3 is 2.10 bits per heavy atom. The molecule has 4 aromatic carbocycles. The van der Waals surface area contributed by atoms with Crippen molar-refractivity contribution in [3.63, 3.8) is 0 Å². The first-order valence-electron chi connectivity index (χ1n) is 12.9. The van der Waals surface area contributed by atoms with Gasteiger partial charge in [0.05, 0.1) is 4.90 Å². The standard InChI is InChI=1S/C32H33N2O3PS/c1-24-19-21-27(22-20-24)39(35,36)33-38(26-14-7-6-8-15-26,37-30-18-12-9-13-25(30)2)23-31-32(3,4)28-16-10-11-17-29(28)34(31)5/h6-23H,1-5H3/b31-23-. The highest BCUT2D eigenvalue weighted by molar-refractivity contribution is 7.95. The quantitative estimate of drug-likeness (QED) is 0.228. The van der Waals surface area contributed by atoms with E-state index in [0.717, 1.165) is 27.8 Å². The molecule has 0 amide bonds. The van der Waals surface area contributed by atoms with Crippen molar-refractivity contribution in [3.8, 4) is 5.75 Å². The molecule has 1 heterocycles. The van der Waals surface area contributed by atoms with Crippen molar-refractivity contribution in [2.24, 2.45) is 4.15 Å². The lowest BCUT2D eigenvalue weighted by Crippen LogP contribution is -2.24. The molecule has 4 aromatic rings. The van der Waals surface area contributed by atoms with Gasteiger partial charge in [0.1, 0.15) is 5.75 Å². The van der Waals surface area contributed by atoms with Gasteiger partial charge in [-0.2, -0.15) is 8.42 Å². The van der Waals surface area contributed by atoms with Gasteiger partial charge in [0.2, 0.25) is 7.28 Å². The molecule has 1 atom stereocenters. The van der Waals surface area contributed by atoms with Gasteiger partial charge in [-0.3, -0.25) is 0 Å². The van der Waals surface area contributed by atoms with Gasteiger partial charge in [0.15, 0.2) is 0 Å². The molecule has 0 fully saturated rings. The normalized spacial score (nSPS) is 16.9. The lowest BCUT2D eigenvalue weighted by molar-refractivity contribution is 0.592. The van der Waals surface area contributed by atoms with Gasteiger partial charge in [0, 0.05) is 35.0 Å². The summed E-state index contributed by atoms with van der Waals surface area (Å²) in [6.07, 6.45) is 0. The number of rotatable bonds is 6. The van der Waals surface area contributed by atoms with E-state index in [1.54, 1.807) is 24.3 Å². The molecule has 0 aliphatic carbocycles. The minimum absolute atomic E-state index is 0.141. The van der Waals surface area contributed by atoms with Crippen LogP contribution in [0, 0.1) is 13.8 Å². The molecule has 200 valence electrons. The molecule has 1 aliphatic heterocycles. The van der Waals surface area contributed by atoms with Gasteiger partial charge >= 0.3 is 0 Å². The van der Waals surface area contributed by atoms with E-state index < -0.39 is 22.7 Å². The predicted octanol–water partition coefficient (Wildman–Crippen LogP) is 7.78. The summed E-state index contributed by atoms with van der Waals surface area (Å²) in [6, 6.07) is 32.2. The number of aryl methyl sites for hydroxylation is 2. The number of anilines is 1. The van der Waals surface area contributed by atoms with Gasteiger partial charge < -0.3 is 9.42 Å². The van der Waals surface area contributed by atoms with Crippen LogP contribution >= 0.6 is 7.28 Å². The third-order valence-corrected chi connectivity index (χ3v) is 12.0. The minimum Gasteiger partial charge on any atom is -0.451 e. The summed E-state index contributed by atoms with van der Waals surface area (Å²) < 4.78 is 39.6. The van der Waals surface area contributed by atoms with Crippen molar-refractivity contribution in [2.75, 3.05) is 11.9 Å². The van der Waals surface area contributed by atoms with Gasteiger partial charge in [0.25, 0.3) is 10.0 Å². The van der Waals surface area contributed by atoms with E-state index >= 15 is 0 Å². The summed E-state index contributed by atoms with van der Waals surface area (Å²) >= 11 is 0. The van der Waals surface area contributed by atoms with Gasteiger partial charge in [-0.25, -0.2) is 0 Å². The van der Waals surface area contributed by atoms with Crippen molar-refractivity contribution >= 4 is 28.3 Å². The highest BCUT2D eigenvalue weighted by atomic mass is 32.2. The Balaban J connectivity index is 1.85. The van der Waals surface area contributed by atoms with Gasteiger partial charge in [-0.1, -0.05) is 86.1 Å². The lowest BCUT2D eigenvalue weighted by Gasteiger charge is -2.29. The second-order valence-corrected chi connectivity index (χ2v) is 14.7. The Bertz CT molecular complexity index is 1710. The first-order chi connectivity index (χ1) is 18.5. The average Bonchev–Trinajstić information content (AvgIpc) is 3.11. The SMILES string of the molecule is Cc1ccc(S(=O)(=O)N=P(/C=C2\N(C)c3ccccc3C2(C)C)(Oc2ccccc2C)c2ccccc2)cc1. The maximum Gasteiger partial charge on any atom is 0.284 e. The molecular formula is C32H33N2O3PS. The maximum absolute atomic E-state index is 14.0. The van der Waals surface area contributed by atoms with Gasteiger partial charge in [-0.05, 0) is 61.4 Å². The number of likely N-dealkylation sites (N-methyl/N-ethyl adjacent to an activating group) is 1. The Hall–Kier alpha value is -3.60. The second kappa shape index (κ2) is 10.2. The van der Waals surface area contributed by atoms with Crippen LogP contribution in [-0.4, -0.2) is 15.5 Å². The highest BCUT2D eigenvalue weighted by Gasteiger charge is 2.41. The third-order valence-electron chi connectivity index (χ3n) is 7.24. The van der Waals surface area contributed by atoms with Crippen LogP contribution in [0.15, 0.2) is 124 Å². The number of allylic oxidation sites excluding steroid dienone is 1. The van der Waals surface area contributed by atoms with Crippen LogP contribution in [0.25, 0.3) is 0 Å². The predicted molar refractivity (Wildman–Crippen MR) is 162 cm³/mol. The molecule has 0 N–H and O–H groups in total. The molecule has 7 heteroatoms. The van der Waals surface area contributed by atoms with E-state index in [2.05, 4.69) is 30.9 Å². The van der Waals surface area contributed by atoms with E-state index in [1.165, 1.54) is 5.56 Å². The molecular weight excluding hydrogens is 523 g/mol. The summed E-state index contributed by atoms with van der Waals surface area (Å²) in [6.45, 7) is 8.19. The van der Waals surface area contributed by atoms with Crippen molar-refractivity contribution in [1.82, 2.24) is 0 Å². The molecule has 0 radical (unpaired) electrons. The Morgan fingerprint density at radius 1 is 0.821 bits per heavy atom. The first kappa shape index (κ1) is 27.0. The largest absolute Gasteiger partial charge is 0.451 e. The second-order valence-electron chi connectivity index (χ2n) is 10.4. The third kappa shape index (κ3) is 5.07. The lowest BCUT2D eigenvalue weighted by atomic mass is 9.84. The van der Waals surface area contributed by atoms with Crippen LogP contribution in [0.4, 0.5) is 5.69 Å².